The van der Waals surface area contributed by atoms with Gasteiger partial charge in [0.25, 0.3) is 0 Å². The monoisotopic (exact) mass is 366 g/mol. The van der Waals surface area contributed by atoms with E-state index in [4.69, 9.17) is 0 Å². The predicted octanol–water partition coefficient (Wildman–Crippen LogP) is 3.14. The summed E-state index contributed by atoms with van der Waals surface area (Å²) in [4.78, 5) is 1.09. The highest BCUT2D eigenvalue weighted by atomic mass is 35.5. The topological polar surface area (TPSA) is 58.2 Å². The molecule has 22 heavy (non-hydrogen) atoms. The van der Waals surface area contributed by atoms with Crippen molar-refractivity contribution < 1.29 is 8.42 Å². The Morgan fingerprint density at radius 1 is 1.27 bits per heavy atom. The van der Waals surface area contributed by atoms with E-state index in [-0.39, 0.29) is 23.2 Å². The van der Waals surface area contributed by atoms with Crippen LogP contribution in [-0.4, -0.2) is 28.1 Å². The summed E-state index contributed by atoms with van der Waals surface area (Å²) in [5.74, 6) is 0. The standard InChI is InChI=1S/C15H26N2O2S2.ClH/c1-14(2,3)12-5-6-13(20-12)21(18,19)17-11-15(4)7-9-16-10-8-15;/h5-6,16-17H,7-11H2,1-4H3;1H. The van der Waals surface area contributed by atoms with Crippen molar-refractivity contribution in [1.29, 1.82) is 0 Å². The van der Waals surface area contributed by atoms with Gasteiger partial charge in [0.1, 0.15) is 4.21 Å². The Morgan fingerprint density at radius 2 is 1.86 bits per heavy atom. The molecular weight excluding hydrogens is 340 g/mol. The van der Waals surface area contributed by atoms with E-state index < -0.39 is 10.0 Å². The van der Waals surface area contributed by atoms with Crippen molar-refractivity contribution in [1.82, 2.24) is 10.0 Å². The third kappa shape index (κ3) is 4.93. The highest BCUT2D eigenvalue weighted by Gasteiger charge is 2.29. The Hall–Kier alpha value is -0.140. The minimum atomic E-state index is -3.39. The molecule has 0 aliphatic carbocycles. The third-order valence-corrected chi connectivity index (χ3v) is 7.49. The molecule has 1 saturated heterocycles. The average molecular weight is 367 g/mol. The molecule has 0 saturated carbocycles. The molecule has 0 unspecified atom stereocenters. The Kier molecular flexibility index (Phi) is 6.49. The van der Waals surface area contributed by atoms with E-state index in [1.54, 1.807) is 6.07 Å². The van der Waals surface area contributed by atoms with Crippen molar-refractivity contribution in [2.45, 2.75) is 50.2 Å². The van der Waals surface area contributed by atoms with Gasteiger partial charge in [0.05, 0.1) is 0 Å². The van der Waals surface area contributed by atoms with E-state index in [2.05, 4.69) is 37.7 Å². The van der Waals surface area contributed by atoms with Crippen LogP contribution in [-0.2, 0) is 15.4 Å². The van der Waals surface area contributed by atoms with Crippen molar-refractivity contribution in [3.63, 3.8) is 0 Å². The van der Waals surface area contributed by atoms with Crippen molar-refractivity contribution >= 4 is 33.8 Å². The fourth-order valence-corrected chi connectivity index (χ4v) is 5.02. The second-order valence-corrected chi connectivity index (χ2v) is 10.3. The molecule has 128 valence electrons. The second-order valence-electron chi connectivity index (χ2n) is 7.25. The molecule has 2 N–H and O–H groups in total. The molecular formula is C15H27ClN2O2S2. The van der Waals surface area contributed by atoms with Gasteiger partial charge in [-0.05, 0) is 48.9 Å². The van der Waals surface area contributed by atoms with Gasteiger partial charge in [-0.25, -0.2) is 13.1 Å². The third-order valence-electron chi connectivity index (χ3n) is 4.09. The molecule has 1 aliphatic rings. The fourth-order valence-electron chi connectivity index (χ4n) is 2.42. The van der Waals surface area contributed by atoms with Crippen LogP contribution in [0, 0.1) is 5.41 Å². The summed E-state index contributed by atoms with van der Waals surface area (Å²) in [6.07, 6.45) is 2.01. The van der Waals surface area contributed by atoms with Crippen LogP contribution in [0.15, 0.2) is 16.3 Å². The second kappa shape index (κ2) is 7.18. The maximum absolute atomic E-state index is 12.4. The molecule has 0 spiro atoms. The highest BCUT2D eigenvalue weighted by Crippen LogP contribution is 2.32. The summed E-state index contributed by atoms with van der Waals surface area (Å²) in [6, 6.07) is 3.64. The van der Waals surface area contributed by atoms with Crippen LogP contribution >= 0.6 is 23.7 Å². The van der Waals surface area contributed by atoms with Crippen molar-refractivity contribution in [3.05, 3.63) is 17.0 Å². The van der Waals surface area contributed by atoms with E-state index in [0.717, 1.165) is 30.8 Å². The number of piperidine rings is 1. The summed E-state index contributed by atoms with van der Waals surface area (Å²) >= 11 is 1.37. The fraction of sp³-hybridized carbons (Fsp3) is 0.733. The summed E-state index contributed by atoms with van der Waals surface area (Å²) in [6.45, 7) is 10.9. The SMILES string of the molecule is CC1(CNS(=O)(=O)c2ccc(C(C)(C)C)s2)CCNCC1.Cl. The van der Waals surface area contributed by atoms with Crippen molar-refractivity contribution in [2.24, 2.45) is 5.41 Å². The van der Waals surface area contributed by atoms with Gasteiger partial charge in [-0.3, -0.25) is 0 Å². The number of rotatable bonds is 4. The molecule has 1 aromatic rings. The number of hydrogen-bond acceptors (Lipinski definition) is 4. The van der Waals surface area contributed by atoms with Crippen LogP contribution in [0.5, 0.6) is 0 Å². The largest absolute Gasteiger partial charge is 0.317 e. The summed E-state index contributed by atoms with van der Waals surface area (Å²) in [5, 5.41) is 3.31. The zero-order valence-corrected chi connectivity index (χ0v) is 16.2. The van der Waals surface area contributed by atoms with Gasteiger partial charge in [-0.1, -0.05) is 27.7 Å². The number of halogens is 1. The van der Waals surface area contributed by atoms with Gasteiger partial charge in [0, 0.05) is 11.4 Å². The zero-order valence-electron chi connectivity index (χ0n) is 13.7. The quantitative estimate of drug-likeness (QED) is 0.860. The van der Waals surface area contributed by atoms with Gasteiger partial charge in [-0.15, -0.1) is 23.7 Å². The molecule has 0 bridgehead atoms. The molecule has 2 heterocycles. The van der Waals surface area contributed by atoms with Crippen LogP contribution < -0.4 is 10.0 Å². The van der Waals surface area contributed by atoms with E-state index in [9.17, 15) is 8.42 Å². The van der Waals surface area contributed by atoms with Crippen LogP contribution in [0.3, 0.4) is 0 Å². The first-order chi connectivity index (χ1) is 9.62. The first kappa shape index (κ1) is 19.9. The van der Waals surface area contributed by atoms with E-state index in [0.29, 0.717) is 10.8 Å². The van der Waals surface area contributed by atoms with Crippen LogP contribution in [0.1, 0.15) is 45.4 Å². The highest BCUT2D eigenvalue weighted by molar-refractivity contribution is 7.91. The molecule has 1 fully saturated rings. The van der Waals surface area contributed by atoms with E-state index in [1.807, 2.05) is 6.07 Å². The summed E-state index contributed by atoms with van der Waals surface area (Å²) in [5.41, 5.74) is 0.0435. The molecule has 1 aromatic heterocycles. The lowest BCUT2D eigenvalue weighted by atomic mass is 9.81. The molecule has 7 heteroatoms. The molecule has 0 atom stereocenters. The summed E-state index contributed by atoms with van der Waals surface area (Å²) < 4.78 is 28.1. The Bertz CT molecular complexity index is 585. The molecule has 2 rings (SSSR count). The zero-order chi connectivity index (χ0) is 15.7. The first-order valence-corrected chi connectivity index (χ1v) is 9.73. The van der Waals surface area contributed by atoms with E-state index in [1.165, 1.54) is 11.3 Å². The van der Waals surface area contributed by atoms with Crippen LogP contribution in [0.4, 0.5) is 0 Å². The molecule has 0 amide bonds. The smallest absolute Gasteiger partial charge is 0.250 e. The Morgan fingerprint density at radius 3 is 2.36 bits per heavy atom. The van der Waals surface area contributed by atoms with Gasteiger partial charge < -0.3 is 5.32 Å². The molecule has 4 nitrogen and oxygen atoms in total. The summed E-state index contributed by atoms with van der Waals surface area (Å²) in [7, 11) is -3.39. The lowest BCUT2D eigenvalue weighted by molar-refractivity contribution is 0.232. The van der Waals surface area contributed by atoms with Crippen LogP contribution in [0.25, 0.3) is 0 Å². The lowest BCUT2D eigenvalue weighted by Crippen LogP contribution is -2.42. The lowest BCUT2D eigenvalue weighted by Gasteiger charge is -2.33. The van der Waals surface area contributed by atoms with Gasteiger partial charge in [-0.2, -0.15) is 0 Å². The Balaban J connectivity index is 0.00000242. The number of hydrogen-bond donors (Lipinski definition) is 2. The number of nitrogens with one attached hydrogen (secondary N) is 2. The normalized spacial score (nSPS) is 18.7. The van der Waals surface area contributed by atoms with Gasteiger partial charge in [0.15, 0.2) is 0 Å². The molecule has 0 aromatic carbocycles. The predicted molar refractivity (Wildman–Crippen MR) is 95.7 cm³/mol. The van der Waals surface area contributed by atoms with Gasteiger partial charge >= 0.3 is 0 Å². The Labute approximate surface area is 144 Å². The average Bonchev–Trinajstić information content (AvgIpc) is 2.88. The van der Waals surface area contributed by atoms with Gasteiger partial charge in [0.2, 0.25) is 10.0 Å². The molecule has 0 radical (unpaired) electrons. The maximum atomic E-state index is 12.4. The number of thiophene rings is 1. The van der Waals surface area contributed by atoms with E-state index >= 15 is 0 Å². The minimum absolute atomic E-state index is 0. The molecule has 1 aliphatic heterocycles. The van der Waals surface area contributed by atoms with Crippen molar-refractivity contribution in [3.8, 4) is 0 Å². The van der Waals surface area contributed by atoms with Crippen LogP contribution in [0.2, 0.25) is 0 Å². The maximum Gasteiger partial charge on any atom is 0.250 e. The minimum Gasteiger partial charge on any atom is -0.317 e. The number of sulfonamides is 1. The van der Waals surface area contributed by atoms with Crippen molar-refractivity contribution in [2.75, 3.05) is 19.6 Å². The first-order valence-electron chi connectivity index (χ1n) is 7.43.